The molecule has 0 amide bonds. The molecule has 2 nitrogen and oxygen atoms in total. The normalized spacial score (nSPS) is 12.5. The molecular formula is C8H12N2S. The van der Waals surface area contributed by atoms with E-state index in [0.717, 1.165) is 11.6 Å². The molecule has 1 atom stereocenters. The molecule has 0 spiro atoms. The van der Waals surface area contributed by atoms with Crippen molar-refractivity contribution in [3.05, 3.63) is 24.2 Å². The van der Waals surface area contributed by atoms with Crippen LogP contribution in [0.5, 0.6) is 0 Å². The maximum absolute atomic E-state index is 4.11. The fourth-order valence-electron chi connectivity index (χ4n) is 0.814. The van der Waals surface area contributed by atoms with Gasteiger partial charge in [0.25, 0.3) is 0 Å². The van der Waals surface area contributed by atoms with Gasteiger partial charge in [0.05, 0.1) is 0 Å². The SMILES string of the molecule is C=CCC(C)Nc1nccs1. The van der Waals surface area contributed by atoms with Gasteiger partial charge in [0.15, 0.2) is 5.13 Å². The molecule has 0 bridgehead atoms. The number of nitrogens with zero attached hydrogens (tertiary/aromatic N) is 1. The monoisotopic (exact) mass is 168 g/mol. The maximum atomic E-state index is 4.11. The van der Waals surface area contributed by atoms with Crippen molar-refractivity contribution in [2.45, 2.75) is 19.4 Å². The van der Waals surface area contributed by atoms with Crippen molar-refractivity contribution < 1.29 is 0 Å². The minimum Gasteiger partial charge on any atom is -0.359 e. The van der Waals surface area contributed by atoms with Gasteiger partial charge >= 0.3 is 0 Å². The fraction of sp³-hybridized carbons (Fsp3) is 0.375. The Hall–Kier alpha value is -0.830. The first-order chi connectivity index (χ1) is 5.33. The topological polar surface area (TPSA) is 24.9 Å². The van der Waals surface area contributed by atoms with Gasteiger partial charge in [-0.2, -0.15) is 0 Å². The van der Waals surface area contributed by atoms with Gasteiger partial charge < -0.3 is 5.32 Å². The van der Waals surface area contributed by atoms with Crippen molar-refractivity contribution in [3.63, 3.8) is 0 Å². The van der Waals surface area contributed by atoms with Crippen LogP contribution in [0.2, 0.25) is 0 Å². The second-order valence-corrected chi connectivity index (χ2v) is 3.30. The van der Waals surface area contributed by atoms with E-state index in [1.54, 1.807) is 17.5 Å². The molecule has 1 aromatic heterocycles. The maximum Gasteiger partial charge on any atom is 0.182 e. The van der Waals surface area contributed by atoms with E-state index in [1.807, 2.05) is 11.5 Å². The standard InChI is InChI=1S/C8H12N2S/c1-3-4-7(2)10-8-9-5-6-11-8/h3,5-7H,1,4H2,2H3,(H,9,10). The van der Waals surface area contributed by atoms with Gasteiger partial charge in [-0.05, 0) is 13.3 Å². The molecule has 1 aromatic rings. The van der Waals surface area contributed by atoms with E-state index in [4.69, 9.17) is 0 Å². The minimum atomic E-state index is 0.429. The molecule has 0 saturated carbocycles. The summed E-state index contributed by atoms with van der Waals surface area (Å²) in [6.45, 7) is 5.79. The predicted octanol–water partition coefficient (Wildman–Crippen LogP) is 2.52. The molecule has 0 aliphatic rings. The van der Waals surface area contributed by atoms with Crippen LogP contribution < -0.4 is 5.32 Å². The zero-order valence-electron chi connectivity index (χ0n) is 6.58. The molecule has 60 valence electrons. The molecule has 1 unspecified atom stereocenters. The van der Waals surface area contributed by atoms with E-state index < -0.39 is 0 Å². The molecule has 0 radical (unpaired) electrons. The van der Waals surface area contributed by atoms with Gasteiger partial charge in [-0.1, -0.05) is 6.08 Å². The first-order valence-corrected chi connectivity index (χ1v) is 4.48. The number of rotatable bonds is 4. The van der Waals surface area contributed by atoms with Gasteiger partial charge in [0.2, 0.25) is 0 Å². The van der Waals surface area contributed by atoms with Crippen molar-refractivity contribution in [1.29, 1.82) is 0 Å². The summed E-state index contributed by atoms with van der Waals surface area (Å²) in [5.74, 6) is 0. The number of aromatic nitrogens is 1. The van der Waals surface area contributed by atoms with Gasteiger partial charge in [0, 0.05) is 17.6 Å². The summed E-state index contributed by atoms with van der Waals surface area (Å²) in [4.78, 5) is 4.11. The Balaban J connectivity index is 2.37. The molecule has 1 heterocycles. The molecule has 1 rings (SSSR count). The van der Waals surface area contributed by atoms with E-state index >= 15 is 0 Å². The van der Waals surface area contributed by atoms with Crippen LogP contribution in [0.15, 0.2) is 24.2 Å². The zero-order chi connectivity index (χ0) is 8.10. The number of hydrogen-bond acceptors (Lipinski definition) is 3. The highest BCUT2D eigenvalue weighted by atomic mass is 32.1. The molecule has 0 aromatic carbocycles. The summed E-state index contributed by atoms with van der Waals surface area (Å²) in [7, 11) is 0. The lowest BCUT2D eigenvalue weighted by Gasteiger charge is -2.08. The summed E-state index contributed by atoms with van der Waals surface area (Å²) in [5.41, 5.74) is 0. The molecule has 0 aliphatic carbocycles. The highest BCUT2D eigenvalue weighted by Crippen LogP contribution is 2.12. The van der Waals surface area contributed by atoms with Crippen molar-refractivity contribution in [1.82, 2.24) is 4.98 Å². The molecule has 0 fully saturated rings. The van der Waals surface area contributed by atoms with Crippen molar-refractivity contribution in [2.75, 3.05) is 5.32 Å². The fourth-order valence-corrected chi connectivity index (χ4v) is 1.46. The summed E-state index contributed by atoms with van der Waals surface area (Å²) in [6, 6.07) is 0.429. The average Bonchev–Trinajstić information content (AvgIpc) is 2.40. The Morgan fingerprint density at radius 1 is 1.91 bits per heavy atom. The molecule has 0 aliphatic heterocycles. The zero-order valence-corrected chi connectivity index (χ0v) is 7.40. The Labute approximate surface area is 71.0 Å². The molecule has 11 heavy (non-hydrogen) atoms. The minimum absolute atomic E-state index is 0.429. The van der Waals surface area contributed by atoms with Crippen LogP contribution in [-0.4, -0.2) is 11.0 Å². The lowest BCUT2D eigenvalue weighted by atomic mass is 10.2. The van der Waals surface area contributed by atoms with Crippen LogP contribution in [0.1, 0.15) is 13.3 Å². The Morgan fingerprint density at radius 3 is 3.27 bits per heavy atom. The van der Waals surface area contributed by atoms with Crippen LogP contribution in [0.25, 0.3) is 0 Å². The van der Waals surface area contributed by atoms with Gasteiger partial charge in [-0.3, -0.25) is 0 Å². The predicted molar refractivity (Wildman–Crippen MR) is 50.0 cm³/mol. The van der Waals surface area contributed by atoms with Crippen molar-refractivity contribution >= 4 is 16.5 Å². The van der Waals surface area contributed by atoms with Gasteiger partial charge in [-0.15, -0.1) is 17.9 Å². The van der Waals surface area contributed by atoms with Crippen LogP contribution in [-0.2, 0) is 0 Å². The van der Waals surface area contributed by atoms with E-state index in [1.165, 1.54) is 0 Å². The largest absolute Gasteiger partial charge is 0.359 e. The van der Waals surface area contributed by atoms with E-state index in [0.29, 0.717) is 6.04 Å². The summed E-state index contributed by atoms with van der Waals surface area (Å²) in [6.07, 6.45) is 4.68. The molecule has 3 heteroatoms. The van der Waals surface area contributed by atoms with Crippen molar-refractivity contribution in [2.24, 2.45) is 0 Å². The Morgan fingerprint density at radius 2 is 2.73 bits per heavy atom. The second-order valence-electron chi connectivity index (χ2n) is 2.41. The third-order valence-corrected chi connectivity index (χ3v) is 2.03. The van der Waals surface area contributed by atoms with E-state index in [2.05, 4.69) is 23.8 Å². The van der Waals surface area contributed by atoms with Crippen LogP contribution in [0.3, 0.4) is 0 Å². The summed E-state index contributed by atoms with van der Waals surface area (Å²) >= 11 is 1.62. The van der Waals surface area contributed by atoms with E-state index in [9.17, 15) is 0 Å². The first kappa shape index (κ1) is 8.27. The third-order valence-electron chi connectivity index (χ3n) is 1.32. The average molecular weight is 168 g/mol. The highest BCUT2D eigenvalue weighted by molar-refractivity contribution is 7.13. The number of hydrogen-bond donors (Lipinski definition) is 1. The van der Waals surface area contributed by atoms with Gasteiger partial charge in [-0.25, -0.2) is 4.98 Å². The van der Waals surface area contributed by atoms with Crippen molar-refractivity contribution in [3.8, 4) is 0 Å². The lowest BCUT2D eigenvalue weighted by molar-refractivity contribution is 0.812. The van der Waals surface area contributed by atoms with Gasteiger partial charge in [0.1, 0.15) is 0 Å². The van der Waals surface area contributed by atoms with Crippen LogP contribution in [0.4, 0.5) is 5.13 Å². The van der Waals surface area contributed by atoms with Crippen LogP contribution in [0, 0.1) is 0 Å². The second kappa shape index (κ2) is 4.13. The quantitative estimate of drug-likeness (QED) is 0.699. The molecule has 1 N–H and O–H groups in total. The Kier molecular flexibility index (Phi) is 3.11. The molecule has 0 saturated heterocycles. The number of nitrogens with one attached hydrogen (secondary N) is 1. The summed E-state index contributed by atoms with van der Waals surface area (Å²) in [5, 5.41) is 6.21. The number of anilines is 1. The highest BCUT2D eigenvalue weighted by Gasteiger charge is 1.99. The van der Waals surface area contributed by atoms with E-state index in [-0.39, 0.29) is 0 Å². The molecular weight excluding hydrogens is 156 g/mol. The smallest absolute Gasteiger partial charge is 0.182 e. The third kappa shape index (κ3) is 2.72. The first-order valence-electron chi connectivity index (χ1n) is 3.60. The lowest BCUT2D eigenvalue weighted by Crippen LogP contribution is -2.13. The van der Waals surface area contributed by atoms with Crippen LogP contribution >= 0.6 is 11.3 Å². The Bertz CT molecular complexity index is 206. The summed E-state index contributed by atoms with van der Waals surface area (Å²) < 4.78 is 0. The number of thiazole rings is 1.